The van der Waals surface area contributed by atoms with Crippen molar-refractivity contribution in [1.82, 2.24) is 9.47 Å². The van der Waals surface area contributed by atoms with Gasteiger partial charge in [-0.15, -0.1) is 0 Å². The van der Waals surface area contributed by atoms with Crippen LogP contribution in [0.3, 0.4) is 0 Å². The zero-order valence-corrected chi connectivity index (χ0v) is 17.2. The Morgan fingerprint density at radius 2 is 1.67 bits per heavy atom. The number of halogens is 1. The van der Waals surface area contributed by atoms with E-state index in [2.05, 4.69) is 4.90 Å². The molecular weight excluding hydrogens is 406 g/mol. The van der Waals surface area contributed by atoms with E-state index in [4.69, 9.17) is 11.6 Å². The topological polar surface area (TPSA) is 86.0 Å². The van der Waals surface area contributed by atoms with Crippen molar-refractivity contribution in [2.75, 3.05) is 31.1 Å². The second-order valence-corrected chi connectivity index (χ2v) is 7.91. The van der Waals surface area contributed by atoms with Crippen LogP contribution in [-0.2, 0) is 11.8 Å². The molecule has 8 heteroatoms. The maximum absolute atomic E-state index is 12.3. The van der Waals surface area contributed by atoms with E-state index in [1.165, 1.54) is 6.07 Å². The average Bonchev–Trinajstić information content (AvgIpc) is 3.05. The Labute approximate surface area is 178 Å². The average molecular weight is 428 g/mol. The van der Waals surface area contributed by atoms with Gasteiger partial charge in [-0.25, -0.2) is 4.79 Å². The summed E-state index contributed by atoms with van der Waals surface area (Å²) in [5, 5.41) is 20.7. The number of hydrogen-bond donors (Lipinski definition) is 2. The van der Waals surface area contributed by atoms with E-state index in [1.807, 2.05) is 40.8 Å². The van der Waals surface area contributed by atoms with Gasteiger partial charge in [0, 0.05) is 66.6 Å². The number of rotatable bonds is 5. The highest BCUT2D eigenvalue weighted by molar-refractivity contribution is 6.30. The van der Waals surface area contributed by atoms with Crippen molar-refractivity contribution < 1.29 is 19.8 Å². The summed E-state index contributed by atoms with van der Waals surface area (Å²) in [5.74, 6) is -1.97. The molecule has 0 bridgehead atoms. The van der Waals surface area contributed by atoms with Gasteiger partial charge in [0.05, 0.1) is 5.56 Å². The number of benzene rings is 2. The molecule has 1 aliphatic heterocycles. The Morgan fingerprint density at radius 1 is 1.00 bits per heavy atom. The van der Waals surface area contributed by atoms with E-state index in [1.54, 1.807) is 18.3 Å². The number of carboxylic acids is 2. The lowest BCUT2D eigenvalue weighted by Gasteiger charge is -2.38. The third-order valence-corrected chi connectivity index (χ3v) is 5.92. The molecule has 4 rings (SSSR count). The number of aromatic nitrogens is 1. The number of aromatic carboxylic acids is 1. The van der Waals surface area contributed by atoms with Gasteiger partial charge in [0.15, 0.2) is 0 Å². The number of carbonyl (C=O) groups is 2. The van der Waals surface area contributed by atoms with Crippen molar-refractivity contribution >= 4 is 40.1 Å². The molecular formula is C22H22ClN3O4. The first kappa shape index (κ1) is 20.3. The van der Waals surface area contributed by atoms with Crippen LogP contribution < -0.4 is 4.90 Å². The first-order valence-corrected chi connectivity index (χ1v) is 10.0. The summed E-state index contributed by atoms with van der Waals surface area (Å²) >= 11 is 5.97. The molecule has 0 amide bonds. The van der Waals surface area contributed by atoms with Gasteiger partial charge in [-0.2, -0.15) is 0 Å². The van der Waals surface area contributed by atoms with E-state index in [0.29, 0.717) is 42.2 Å². The van der Waals surface area contributed by atoms with Crippen molar-refractivity contribution in [3.05, 3.63) is 64.8 Å². The summed E-state index contributed by atoms with van der Waals surface area (Å²) in [7, 11) is 1.84. The highest BCUT2D eigenvalue weighted by atomic mass is 35.5. The summed E-state index contributed by atoms with van der Waals surface area (Å²) in [6.45, 7) is 2.54. The molecule has 1 saturated heterocycles. The third kappa shape index (κ3) is 3.74. The maximum Gasteiger partial charge on any atom is 0.335 e. The van der Waals surface area contributed by atoms with E-state index < -0.39 is 18.0 Å². The fourth-order valence-electron chi connectivity index (χ4n) is 4.15. The van der Waals surface area contributed by atoms with Crippen LogP contribution in [0.1, 0.15) is 22.0 Å². The number of fused-ring (bicyclic) bond motifs is 1. The van der Waals surface area contributed by atoms with Crippen LogP contribution in [0.15, 0.2) is 48.7 Å². The summed E-state index contributed by atoms with van der Waals surface area (Å²) in [6, 6.07) is 11.6. The zero-order chi connectivity index (χ0) is 21.4. The molecule has 1 atom stereocenters. The summed E-state index contributed by atoms with van der Waals surface area (Å²) in [4.78, 5) is 27.8. The number of anilines is 1. The molecule has 0 unspecified atom stereocenters. The van der Waals surface area contributed by atoms with E-state index >= 15 is 0 Å². The summed E-state index contributed by atoms with van der Waals surface area (Å²) < 4.78 is 1.84. The first-order chi connectivity index (χ1) is 14.3. The van der Waals surface area contributed by atoms with Gasteiger partial charge in [0.2, 0.25) is 0 Å². The predicted molar refractivity (Wildman–Crippen MR) is 115 cm³/mol. The Bertz CT molecular complexity index is 1100. The van der Waals surface area contributed by atoms with Crippen LogP contribution in [0, 0.1) is 0 Å². The Kier molecular flexibility index (Phi) is 5.40. The molecule has 2 N–H and O–H groups in total. The van der Waals surface area contributed by atoms with Gasteiger partial charge in [-0.1, -0.05) is 11.6 Å². The molecule has 1 aliphatic rings. The fraction of sp³-hybridized carbons (Fsp3) is 0.273. The molecule has 0 spiro atoms. The molecule has 156 valence electrons. The Hall–Kier alpha value is -3.03. The highest BCUT2D eigenvalue weighted by Gasteiger charge is 2.32. The predicted octanol–water partition coefficient (Wildman–Crippen LogP) is 3.48. The van der Waals surface area contributed by atoms with Gasteiger partial charge >= 0.3 is 11.9 Å². The van der Waals surface area contributed by atoms with E-state index in [-0.39, 0.29) is 5.56 Å². The molecule has 2 aromatic carbocycles. The minimum Gasteiger partial charge on any atom is -0.480 e. The number of nitrogens with zero attached hydrogens (tertiary/aromatic N) is 3. The zero-order valence-electron chi connectivity index (χ0n) is 16.5. The molecule has 0 aliphatic carbocycles. The maximum atomic E-state index is 12.3. The quantitative estimate of drug-likeness (QED) is 0.648. The smallest absolute Gasteiger partial charge is 0.335 e. The lowest BCUT2D eigenvalue weighted by atomic mass is 10.0. The second-order valence-electron chi connectivity index (χ2n) is 7.47. The number of piperazine rings is 1. The van der Waals surface area contributed by atoms with Crippen LogP contribution in [0.25, 0.3) is 10.9 Å². The summed E-state index contributed by atoms with van der Waals surface area (Å²) in [6.07, 6.45) is 1.79. The minimum absolute atomic E-state index is 0.145. The molecule has 1 fully saturated rings. The molecule has 7 nitrogen and oxygen atoms in total. The normalized spacial score (nSPS) is 16.0. The molecule has 0 radical (unpaired) electrons. The van der Waals surface area contributed by atoms with Crippen molar-refractivity contribution in [2.24, 2.45) is 7.05 Å². The lowest BCUT2D eigenvalue weighted by molar-refractivity contribution is -0.143. The SMILES string of the molecule is Cn1cc([C@H](C(=O)O)N2CCN(c3ccc(Cl)cc3)CC2)c2cc(C(=O)O)ccc21. The minimum atomic E-state index is -1.03. The van der Waals surface area contributed by atoms with Crippen molar-refractivity contribution in [3.8, 4) is 0 Å². The largest absolute Gasteiger partial charge is 0.480 e. The molecule has 2 heterocycles. The molecule has 3 aromatic rings. The number of aliphatic carboxylic acids is 1. The van der Waals surface area contributed by atoms with Crippen LogP contribution in [0.2, 0.25) is 5.02 Å². The van der Waals surface area contributed by atoms with Gasteiger partial charge < -0.3 is 19.7 Å². The lowest BCUT2D eigenvalue weighted by Crippen LogP contribution is -2.49. The Balaban J connectivity index is 1.62. The van der Waals surface area contributed by atoms with Crippen molar-refractivity contribution in [2.45, 2.75) is 6.04 Å². The molecule has 30 heavy (non-hydrogen) atoms. The molecule has 1 aromatic heterocycles. The van der Waals surface area contributed by atoms with Crippen molar-refractivity contribution in [1.29, 1.82) is 0 Å². The number of hydrogen-bond acceptors (Lipinski definition) is 4. The van der Waals surface area contributed by atoms with Gasteiger partial charge in [-0.3, -0.25) is 9.69 Å². The highest BCUT2D eigenvalue weighted by Crippen LogP contribution is 2.32. The second kappa shape index (κ2) is 8.01. The fourth-order valence-corrected chi connectivity index (χ4v) is 4.28. The third-order valence-electron chi connectivity index (χ3n) is 5.67. The standard InChI is InChI=1S/C22H22ClN3O4/c1-24-13-18(17-12-14(21(27)28)2-7-19(17)24)20(22(29)30)26-10-8-25(9-11-26)16-5-3-15(23)4-6-16/h2-7,12-13,20H,8-11H2,1H3,(H,27,28)(H,29,30)/t20-/m1/s1. The Morgan fingerprint density at radius 3 is 2.27 bits per heavy atom. The van der Waals surface area contributed by atoms with Crippen molar-refractivity contribution in [3.63, 3.8) is 0 Å². The monoisotopic (exact) mass is 427 g/mol. The van der Waals surface area contributed by atoms with E-state index in [9.17, 15) is 19.8 Å². The van der Waals surface area contributed by atoms with Crippen LogP contribution in [0.5, 0.6) is 0 Å². The number of aryl methyl sites for hydroxylation is 1. The van der Waals surface area contributed by atoms with Crippen LogP contribution in [-0.4, -0.2) is 57.8 Å². The van der Waals surface area contributed by atoms with Crippen LogP contribution >= 0.6 is 11.6 Å². The number of carboxylic acid groups (broad SMARTS) is 2. The van der Waals surface area contributed by atoms with Gasteiger partial charge in [-0.05, 0) is 42.5 Å². The summed E-state index contributed by atoms with van der Waals surface area (Å²) in [5.41, 5.74) is 2.62. The molecule has 0 saturated carbocycles. The van der Waals surface area contributed by atoms with E-state index in [0.717, 1.165) is 11.2 Å². The van der Waals surface area contributed by atoms with Crippen LogP contribution in [0.4, 0.5) is 5.69 Å². The first-order valence-electron chi connectivity index (χ1n) is 9.65. The van der Waals surface area contributed by atoms with Gasteiger partial charge in [0.25, 0.3) is 0 Å². The van der Waals surface area contributed by atoms with Gasteiger partial charge in [0.1, 0.15) is 6.04 Å².